The molecule has 0 spiro atoms. The smallest absolute Gasteiger partial charge is 0.261 e. The molecule has 2 aromatic rings. The highest BCUT2D eigenvalue weighted by Crippen LogP contribution is 2.22. The lowest BCUT2D eigenvalue weighted by Gasteiger charge is -2.13. The first-order chi connectivity index (χ1) is 12.1. The molecule has 0 aliphatic carbocycles. The Morgan fingerprint density at radius 3 is 2.12 bits per heavy atom. The number of hydrogen-bond donors (Lipinski definition) is 1. The van der Waals surface area contributed by atoms with Gasteiger partial charge in [0.2, 0.25) is 0 Å². The van der Waals surface area contributed by atoms with Gasteiger partial charge in [0.15, 0.2) is 0 Å². The Labute approximate surface area is 146 Å². The number of amides is 3. The van der Waals surface area contributed by atoms with Crippen LogP contribution >= 0.6 is 0 Å². The van der Waals surface area contributed by atoms with Crippen molar-refractivity contribution in [2.75, 3.05) is 13.1 Å². The van der Waals surface area contributed by atoms with E-state index in [0.717, 1.165) is 5.56 Å². The molecule has 1 aliphatic rings. The molecule has 0 aromatic heterocycles. The third kappa shape index (κ3) is 3.60. The van der Waals surface area contributed by atoms with E-state index in [2.05, 4.69) is 5.32 Å². The second kappa shape index (κ2) is 7.30. The summed E-state index contributed by atoms with van der Waals surface area (Å²) >= 11 is 0. The minimum absolute atomic E-state index is 0.110. The number of rotatable bonds is 6. The van der Waals surface area contributed by atoms with Crippen molar-refractivity contribution in [2.45, 2.75) is 19.8 Å². The van der Waals surface area contributed by atoms with E-state index in [4.69, 9.17) is 0 Å². The van der Waals surface area contributed by atoms with E-state index < -0.39 is 0 Å². The lowest BCUT2D eigenvalue weighted by Crippen LogP contribution is -2.31. The number of nitrogens with one attached hydrogen (secondary N) is 1. The van der Waals surface area contributed by atoms with Crippen LogP contribution in [0.5, 0.6) is 0 Å². The summed E-state index contributed by atoms with van der Waals surface area (Å²) in [4.78, 5) is 37.7. The summed E-state index contributed by atoms with van der Waals surface area (Å²) in [6.45, 7) is 2.85. The fraction of sp³-hybridized carbons (Fsp3) is 0.250. The first-order valence-electron chi connectivity index (χ1n) is 8.38. The quantitative estimate of drug-likeness (QED) is 0.651. The molecule has 1 aliphatic heterocycles. The van der Waals surface area contributed by atoms with E-state index in [0.29, 0.717) is 42.6 Å². The van der Waals surface area contributed by atoms with Gasteiger partial charge in [-0.05, 0) is 44.0 Å². The highest BCUT2D eigenvalue weighted by Gasteiger charge is 2.34. The summed E-state index contributed by atoms with van der Waals surface area (Å²) < 4.78 is 0. The molecule has 5 heteroatoms. The van der Waals surface area contributed by atoms with Crippen LogP contribution in [0.2, 0.25) is 0 Å². The van der Waals surface area contributed by atoms with Crippen molar-refractivity contribution in [3.63, 3.8) is 0 Å². The summed E-state index contributed by atoms with van der Waals surface area (Å²) in [5.41, 5.74) is 2.68. The number of benzene rings is 2. The Hall–Kier alpha value is -2.95. The van der Waals surface area contributed by atoms with E-state index in [1.807, 2.05) is 19.1 Å². The summed E-state index contributed by atoms with van der Waals surface area (Å²) in [6.07, 6.45) is 1.35. The minimum Gasteiger partial charge on any atom is -0.352 e. The van der Waals surface area contributed by atoms with E-state index in [9.17, 15) is 14.4 Å². The van der Waals surface area contributed by atoms with Crippen molar-refractivity contribution >= 4 is 17.7 Å². The zero-order valence-electron chi connectivity index (χ0n) is 14.1. The molecule has 5 nitrogen and oxygen atoms in total. The number of carbonyl (C=O) groups is 3. The van der Waals surface area contributed by atoms with Crippen molar-refractivity contribution in [3.05, 3.63) is 70.8 Å². The van der Waals surface area contributed by atoms with Crippen molar-refractivity contribution in [3.8, 4) is 0 Å². The third-order valence-electron chi connectivity index (χ3n) is 4.29. The van der Waals surface area contributed by atoms with Gasteiger partial charge in [0.05, 0.1) is 11.1 Å². The first-order valence-corrected chi connectivity index (χ1v) is 8.38. The van der Waals surface area contributed by atoms with E-state index >= 15 is 0 Å². The van der Waals surface area contributed by atoms with Crippen molar-refractivity contribution in [2.24, 2.45) is 0 Å². The summed E-state index contributed by atoms with van der Waals surface area (Å²) in [5.74, 6) is -0.575. The molecule has 25 heavy (non-hydrogen) atoms. The number of aryl methyl sites for hydroxylation is 1. The Kier molecular flexibility index (Phi) is 4.93. The number of nitrogens with zero attached hydrogens (tertiary/aromatic N) is 1. The maximum Gasteiger partial charge on any atom is 0.261 e. The van der Waals surface area contributed by atoms with Crippen LogP contribution in [0, 0.1) is 6.92 Å². The zero-order chi connectivity index (χ0) is 17.8. The molecule has 1 N–H and O–H groups in total. The molecule has 0 radical (unpaired) electrons. The maximum absolute atomic E-state index is 12.2. The molecule has 0 fully saturated rings. The Morgan fingerprint density at radius 1 is 0.920 bits per heavy atom. The molecule has 0 unspecified atom stereocenters. The van der Waals surface area contributed by atoms with Gasteiger partial charge in [0.1, 0.15) is 0 Å². The van der Waals surface area contributed by atoms with Gasteiger partial charge in [-0.15, -0.1) is 0 Å². The lowest BCUT2D eigenvalue weighted by atomic mass is 10.1. The normalized spacial score (nSPS) is 13.1. The summed E-state index contributed by atoms with van der Waals surface area (Å²) in [6, 6.07) is 14.3. The van der Waals surface area contributed by atoms with Crippen LogP contribution in [0.15, 0.2) is 48.5 Å². The molecular weight excluding hydrogens is 316 g/mol. The van der Waals surface area contributed by atoms with Gasteiger partial charge in [-0.1, -0.05) is 29.8 Å². The van der Waals surface area contributed by atoms with E-state index in [1.165, 1.54) is 4.90 Å². The number of hydrogen-bond acceptors (Lipinski definition) is 3. The molecule has 128 valence electrons. The number of fused-ring (bicyclic) bond motifs is 1. The third-order valence-corrected chi connectivity index (χ3v) is 4.29. The first kappa shape index (κ1) is 16.9. The average molecular weight is 336 g/mol. The second-order valence-corrected chi connectivity index (χ2v) is 6.14. The monoisotopic (exact) mass is 336 g/mol. The molecule has 0 saturated carbocycles. The minimum atomic E-state index is -0.232. The standard InChI is InChI=1S/C20H20N2O3/c1-14-8-10-15(11-9-14)18(23)21-12-4-5-13-22-19(24)16-6-2-3-7-17(16)20(22)25/h2-3,6-11H,4-5,12-13H2,1H3,(H,21,23). The fourth-order valence-corrected chi connectivity index (χ4v) is 2.85. The maximum atomic E-state index is 12.2. The van der Waals surface area contributed by atoms with Crippen molar-refractivity contribution in [1.29, 1.82) is 0 Å². The van der Waals surface area contributed by atoms with Gasteiger partial charge in [0.25, 0.3) is 17.7 Å². The summed E-state index contributed by atoms with van der Waals surface area (Å²) in [7, 11) is 0. The Morgan fingerprint density at radius 2 is 1.52 bits per heavy atom. The molecule has 0 atom stereocenters. The molecule has 3 amide bonds. The van der Waals surface area contributed by atoms with Crippen molar-refractivity contribution in [1.82, 2.24) is 10.2 Å². The average Bonchev–Trinajstić information content (AvgIpc) is 2.87. The van der Waals surface area contributed by atoms with Crippen LogP contribution in [0.1, 0.15) is 49.5 Å². The number of imide groups is 1. The molecule has 1 heterocycles. The van der Waals surface area contributed by atoms with Gasteiger partial charge < -0.3 is 5.32 Å². The predicted octanol–water partition coefficient (Wildman–Crippen LogP) is 2.80. The number of unbranched alkanes of at least 4 members (excludes halogenated alkanes) is 1. The molecule has 2 aromatic carbocycles. The van der Waals surface area contributed by atoms with Crippen LogP contribution in [0.25, 0.3) is 0 Å². The van der Waals surface area contributed by atoms with E-state index in [1.54, 1.807) is 36.4 Å². The second-order valence-electron chi connectivity index (χ2n) is 6.14. The van der Waals surface area contributed by atoms with E-state index in [-0.39, 0.29) is 17.7 Å². The largest absolute Gasteiger partial charge is 0.352 e. The Bertz CT molecular complexity index is 777. The van der Waals surface area contributed by atoms with Crippen molar-refractivity contribution < 1.29 is 14.4 Å². The predicted molar refractivity (Wildman–Crippen MR) is 94.6 cm³/mol. The van der Waals surface area contributed by atoms with Crippen LogP contribution in [0.4, 0.5) is 0 Å². The Balaban J connectivity index is 1.44. The highest BCUT2D eigenvalue weighted by atomic mass is 16.2. The molecular formula is C20H20N2O3. The van der Waals surface area contributed by atoms with Crippen LogP contribution < -0.4 is 5.32 Å². The zero-order valence-corrected chi connectivity index (χ0v) is 14.1. The number of carbonyl (C=O) groups excluding carboxylic acids is 3. The summed E-state index contributed by atoms with van der Waals surface area (Å²) in [5, 5.41) is 2.86. The highest BCUT2D eigenvalue weighted by molar-refractivity contribution is 6.21. The molecule has 3 rings (SSSR count). The van der Waals surface area contributed by atoms with Crippen LogP contribution in [-0.4, -0.2) is 35.7 Å². The van der Waals surface area contributed by atoms with Gasteiger partial charge in [-0.3, -0.25) is 19.3 Å². The molecule has 0 saturated heterocycles. The molecule has 0 bridgehead atoms. The fourth-order valence-electron chi connectivity index (χ4n) is 2.85. The van der Waals surface area contributed by atoms with Crippen LogP contribution in [-0.2, 0) is 0 Å². The van der Waals surface area contributed by atoms with Gasteiger partial charge in [0, 0.05) is 18.7 Å². The van der Waals surface area contributed by atoms with Crippen LogP contribution in [0.3, 0.4) is 0 Å². The lowest BCUT2D eigenvalue weighted by molar-refractivity contribution is 0.0650. The van der Waals surface area contributed by atoms with Gasteiger partial charge in [-0.2, -0.15) is 0 Å². The van der Waals surface area contributed by atoms with Gasteiger partial charge >= 0.3 is 0 Å². The van der Waals surface area contributed by atoms with Gasteiger partial charge in [-0.25, -0.2) is 0 Å². The topological polar surface area (TPSA) is 66.5 Å². The SMILES string of the molecule is Cc1ccc(C(=O)NCCCCN2C(=O)c3ccccc3C2=O)cc1.